The summed E-state index contributed by atoms with van der Waals surface area (Å²) in [6.07, 6.45) is 7.43. The Balaban J connectivity index is 1.64. The fourth-order valence-electron chi connectivity index (χ4n) is 4.53. The fourth-order valence-corrected chi connectivity index (χ4v) is 4.68. The van der Waals surface area contributed by atoms with E-state index in [1.807, 2.05) is 75.6 Å². The van der Waals surface area contributed by atoms with E-state index in [0.717, 1.165) is 33.4 Å². The Bertz CT molecular complexity index is 1410. The minimum absolute atomic E-state index is 0.0665. The van der Waals surface area contributed by atoms with Crippen LogP contribution in [0.2, 0.25) is 5.02 Å². The Labute approximate surface area is 203 Å². The van der Waals surface area contributed by atoms with Crippen molar-refractivity contribution in [3.63, 3.8) is 0 Å². The van der Waals surface area contributed by atoms with Crippen molar-refractivity contribution in [2.75, 3.05) is 5.32 Å². The molecule has 1 N–H and O–H groups in total. The zero-order valence-electron chi connectivity index (χ0n) is 19.2. The molecule has 1 unspecified atom stereocenters. The maximum atomic E-state index is 14.2. The third-order valence-electron chi connectivity index (χ3n) is 6.13. The van der Waals surface area contributed by atoms with Crippen molar-refractivity contribution in [2.45, 2.75) is 25.8 Å². The van der Waals surface area contributed by atoms with Crippen molar-refractivity contribution < 1.29 is 4.79 Å². The van der Waals surface area contributed by atoms with Crippen LogP contribution in [0.5, 0.6) is 0 Å². The summed E-state index contributed by atoms with van der Waals surface area (Å²) < 4.78 is 1.75. The predicted molar refractivity (Wildman–Crippen MR) is 135 cm³/mol. The first kappa shape index (κ1) is 22.0. The average Bonchev–Trinajstić information content (AvgIpc) is 3.27. The van der Waals surface area contributed by atoms with Crippen molar-refractivity contribution >= 4 is 29.3 Å². The van der Waals surface area contributed by atoms with Crippen LogP contribution >= 0.6 is 11.6 Å². The number of hydrogen-bond acceptors (Lipinski definition) is 5. The van der Waals surface area contributed by atoms with Gasteiger partial charge in [0.2, 0.25) is 0 Å². The number of benzene rings is 2. The Kier molecular flexibility index (Phi) is 5.75. The molecule has 0 radical (unpaired) electrons. The number of carbonyl (C=O) groups excluding carboxylic acids is 1. The standard InChI is InChI=1S/C27H24ClN5O/c1-16(31-27-23(28)14-29-17(2)32-27)22-12-19-10-7-11-21(20-13-30-33(3)15-20)25(19)26(34)24(22)18-8-5-4-6-9-18/h4-16,24H,1-3H3,(H,29,31,32)/t16-,24?/m0/s1. The zero-order chi connectivity index (χ0) is 23.8. The second-order valence-electron chi connectivity index (χ2n) is 8.50. The molecule has 2 atom stereocenters. The molecule has 0 saturated carbocycles. The van der Waals surface area contributed by atoms with Crippen molar-refractivity contribution in [1.82, 2.24) is 19.7 Å². The highest BCUT2D eigenvalue weighted by atomic mass is 35.5. The normalized spacial score (nSPS) is 16.1. The quantitative estimate of drug-likeness (QED) is 0.405. The third-order valence-corrected chi connectivity index (χ3v) is 6.40. The number of fused-ring (bicyclic) bond motifs is 1. The van der Waals surface area contributed by atoms with Crippen LogP contribution in [0.1, 0.15) is 40.2 Å². The highest BCUT2D eigenvalue weighted by molar-refractivity contribution is 6.32. The molecule has 5 rings (SSSR count). The first-order chi connectivity index (χ1) is 16.4. The van der Waals surface area contributed by atoms with Crippen LogP contribution in [0.25, 0.3) is 17.2 Å². The number of nitrogens with zero attached hydrogens (tertiary/aromatic N) is 4. The lowest BCUT2D eigenvalue weighted by Gasteiger charge is -2.31. The van der Waals surface area contributed by atoms with Crippen LogP contribution in [-0.4, -0.2) is 31.6 Å². The molecule has 1 aliphatic rings. The predicted octanol–water partition coefficient (Wildman–Crippen LogP) is 5.70. The summed E-state index contributed by atoms with van der Waals surface area (Å²) in [7, 11) is 1.87. The van der Waals surface area contributed by atoms with Gasteiger partial charge in [-0.05, 0) is 36.1 Å². The molecule has 2 aromatic carbocycles. The Morgan fingerprint density at radius 1 is 1.09 bits per heavy atom. The number of nitrogens with one attached hydrogen (secondary N) is 1. The van der Waals surface area contributed by atoms with Crippen molar-refractivity contribution in [3.05, 3.63) is 100 Å². The number of ketones is 1. The van der Waals surface area contributed by atoms with E-state index in [-0.39, 0.29) is 11.8 Å². The van der Waals surface area contributed by atoms with Gasteiger partial charge in [0, 0.05) is 30.4 Å². The number of Topliss-reactive ketones (excluding diaryl/α,β-unsaturated/α-hetero) is 1. The summed E-state index contributed by atoms with van der Waals surface area (Å²) in [4.78, 5) is 22.8. The van der Waals surface area contributed by atoms with E-state index < -0.39 is 5.92 Å². The summed E-state index contributed by atoms with van der Waals surface area (Å²) in [6.45, 7) is 3.84. The molecule has 1 aliphatic carbocycles. The zero-order valence-corrected chi connectivity index (χ0v) is 19.9. The van der Waals surface area contributed by atoms with Crippen molar-refractivity contribution in [2.24, 2.45) is 7.05 Å². The van der Waals surface area contributed by atoms with E-state index in [0.29, 0.717) is 16.7 Å². The minimum Gasteiger partial charge on any atom is -0.362 e. The SMILES string of the molecule is Cc1ncc(Cl)c(N[C@@H](C)C2=Cc3cccc(-c4cnn(C)c4)c3C(=O)C2c2ccccc2)n1. The molecule has 34 heavy (non-hydrogen) atoms. The van der Waals surface area contributed by atoms with Crippen LogP contribution in [0, 0.1) is 6.92 Å². The number of carbonyl (C=O) groups is 1. The van der Waals surface area contributed by atoms with Gasteiger partial charge in [0.1, 0.15) is 16.7 Å². The van der Waals surface area contributed by atoms with E-state index in [9.17, 15) is 4.79 Å². The number of hydrogen-bond donors (Lipinski definition) is 1. The monoisotopic (exact) mass is 469 g/mol. The number of aromatic nitrogens is 4. The van der Waals surface area contributed by atoms with Gasteiger partial charge in [-0.25, -0.2) is 9.97 Å². The van der Waals surface area contributed by atoms with E-state index in [1.54, 1.807) is 17.1 Å². The number of anilines is 1. The summed E-state index contributed by atoms with van der Waals surface area (Å²) >= 11 is 6.35. The minimum atomic E-state index is -0.435. The average molecular weight is 470 g/mol. The molecule has 0 aliphatic heterocycles. The summed E-state index contributed by atoms with van der Waals surface area (Å²) in [5.41, 5.74) is 5.33. The molecule has 2 heterocycles. The van der Waals surface area contributed by atoms with Crippen LogP contribution < -0.4 is 5.32 Å². The largest absolute Gasteiger partial charge is 0.362 e. The smallest absolute Gasteiger partial charge is 0.175 e. The second kappa shape index (κ2) is 8.88. The van der Waals surface area contributed by atoms with Gasteiger partial charge < -0.3 is 5.32 Å². The van der Waals surface area contributed by atoms with E-state index in [1.165, 1.54) is 0 Å². The molecule has 170 valence electrons. The number of halogens is 1. The molecule has 6 nitrogen and oxygen atoms in total. The molecule has 0 fully saturated rings. The maximum absolute atomic E-state index is 14.2. The van der Waals surface area contributed by atoms with Crippen LogP contribution in [0.3, 0.4) is 0 Å². The highest BCUT2D eigenvalue weighted by Gasteiger charge is 2.35. The number of aryl methyl sites for hydroxylation is 2. The van der Waals surface area contributed by atoms with Crippen LogP contribution in [0.15, 0.2) is 72.7 Å². The molecule has 0 saturated heterocycles. The molecule has 0 spiro atoms. The first-order valence-electron chi connectivity index (χ1n) is 11.1. The summed E-state index contributed by atoms with van der Waals surface area (Å²) in [6, 6.07) is 15.6. The van der Waals surface area contributed by atoms with E-state index >= 15 is 0 Å². The molecule has 4 aromatic rings. The van der Waals surface area contributed by atoms with Gasteiger partial charge in [0.25, 0.3) is 0 Å². The lowest BCUT2D eigenvalue weighted by atomic mass is 9.74. The van der Waals surface area contributed by atoms with Gasteiger partial charge in [0.05, 0.1) is 18.3 Å². The van der Waals surface area contributed by atoms with Crippen LogP contribution in [0.4, 0.5) is 5.82 Å². The van der Waals surface area contributed by atoms with Crippen molar-refractivity contribution in [3.8, 4) is 11.1 Å². The fraction of sp³-hybridized carbons (Fsp3) is 0.185. The highest BCUT2D eigenvalue weighted by Crippen LogP contribution is 2.41. The Morgan fingerprint density at radius 2 is 1.88 bits per heavy atom. The van der Waals surface area contributed by atoms with E-state index in [4.69, 9.17) is 11.6 Å². The van der Waals surface area contributed by atoms with Gasteiger partial charge in [0.15, 0.2) is 5.78 Å². The Hall–Kier alpha value is -3.77. The van der Waals surface area contributed by atoms with Gasteiger partial charge in [-0.3, -0.25) is 9.48 Å². The Morgan fingerprint density at radius 3 is 2.62 bits per heavy atom. The molecular formula is C27H24ClN5O. The van der Waals surface area contributed by atoms with E-state index in [2.05, 4.69) is 26.5 Å². The number of rotatable bonds is 5. The van der Waals surface area contributed by atoms with Gasteiger partial charge >= 0.3 is 0 Å². The second-order valence-corrected chi connectivity index (χ2v) is 8.91. The molecule has 0 amide bonds. The third kappa shape index (κ3) is 4.01. The van der Waals surface area contributed by atoms with Crippen LogP contribution in [-0.2, 0) is 7.05 Å². The van der Waals surface area contributed by atoms with Gasteiger partial charge in [-0.15, -0.1) is 0 Å². The summed E-state index contributed by atoms with van der Waals surface area (Å²) in [5, 5.41) is 8.15. The maximum Gasteiger partial charge on any atom is 0.175 e. The lowest BCUT2D eigenvalue weighted by molar-refractivity contribution is 0.0970. The molecule has 7 heteroatoms. The van der Waals surface area contributed by atoms with Gasteiger partial charge in [-0.1, -0.05) is 66.2 Å². The topological polar surface area (TPSA) is 72.7 Å². The lowest BCUT2D eigenvalue weighted by Crippen LogP contribution is -2.30. The first-order valence-corrected chi connectivity index (χ1v) is 11.5. The van der Waals surface area contributed by atoms with Crippen molar-refractivity contribution in [1.29, 1.82) is 0 Å². The molecule has 2 aromatic heterocycles. The van der Waals surface area contributed by atoms with Gasteiger partial charge in [-0.2, -0.15) is 5.10 Å². The molecular weight excluding hydrogens is 446 g/mol. The molecule has 0 bridgehead atoms. The summed E-state index contributed by atoms with van der Waals surface area (Å²) in [5.74, 6) is 0.808.